The molecule has 5 atom stereocenters. The monoisotopic (exact) mass is 354 g/mol. The number of allylic oxidation sites excluding steroid dienone is 3. The molecular weight excluding hydrogens is 324 g/mol. The quantitative estimate of drug-likeness (QED) is 0.447. The zero-order valence-corrected chi connectivity index (χ0v) is 15.1. The van der Waals surface area contributed by atoms with Crippen LogP contribution in [0.1, 0.15) is 40.0 Å². The smallest absolute Gasteiger partial charge is 0.126 e. The van der Waals surface area contributed by atoms with Crippen LogP contribution >= 0.6 is 0 Å². The lowest BCUT2D eigenvalue weighted by atomic mass is 9.72. The lowest BCUT2D eigenvalue weighted by molar-refractivity contribution is -0.149. The van der Waals surface area contributed by atoms with Crippen LogP contribution in [0.5, 0.6) is 0 Å². The molecule has 5 unspecified atom stereocenters. The number of hydrogen-bond donors (Lipinski definition) is 5. The number of aliphatic hydroxyl groups excluding tert-OH is 3. The number of unbranched alkanes of at least 4 members (excludes halogenated alkanes) is 1. The highest BCUT2D eigenvalue weighted by Crippen LogP contribution is 2.46. The number of hydrogen-bond acceptors (Lipinski definition) is 6. The molecule has 1 heterocycles. The standard InChI is InChI=1S/C19H30O6/c1-4-5-6-7-8-9-12-13(11-20)17-19(24,16(22)15(12)21)10-14(25-17)18(2,3)23/h6-9,14-17,20-24H,4-5,10-11H2,1-3H3. The minimum atomic E-state index is -1.75. The first-order valence-electron chi connectivity index (χ1n) is 8.80. The Bertz CT molecular complexity index is 559. The van der Waals surface area contributed by atoms with Gasteiger partial charge in [0.05, 0.1) is 18.3 Å². The first kappa shape index (κ1) is 20.3. The van der Waals surface area contributed by atoms with E-state index in [4.69, 9.17) is 4.74 Å². The van der Waals surface area contributed by atoms with Gasteiger partial charge in [-0.05, 0) is 31.4 Å². The van der Waals surface area contributed by atoms with Gasteiger partial charge in [0.1, 0.15) is 23.9 Å². The summed E-state index contributed by atoms with van der Waals surface area (Å²) in [6.45, 7) is 4.76. The van der Waals surface area contributed by atoms with Crippen LogP contribution in [0, 0.1) is 0 Å². The van der Waals surface area contributed by atoms with E-state index in [1.807, 2.05) is 12.2 Å². The second-order valence-electron chi connectivity index (χ2n) is 7.46. The number of rotatable bonds is 6. The molecule has 0 aromatic heterocycles. The highest BCUT2D eigenvalue weighted by molar-refractivity contribution is 5.41. The Morgan fingerprint density at radius 1 is 1.28 bits per heavy atom. The van der Waals surface area contributed by atoms with Gasteiger partial charge in [0, 0.05) is 6.42 Å². The van der Waals surface area contributed by atoms with Gasteiger partial charge in [0.15, 0.2) is 0 Å². The van der Waals surface area contributed by atoms with E-state index in [0.29, 0.717) is 11.1 Å². The Morgan fingerprint density at radius 3 is 2.52 bits per heavy atom. The minimum Gasteiger partial charge on any atom is -0.392 e. The summed E-state index contributed by atoms with van der Waals surface area (Å²) in [6.07, 6.45) is 4.56. The molecular formula is C19H30O6. The number of ether oxygens (including phenoxy) is 1. The number of fused-ring (bicyclic) bond motifs is 1. The third-order valence-electron chi connectivity index (χ3n) is 5.02. The van der Waals surface area contributed by atoms with E-state index in [9.17, 15) is 25.5 Å². The van der Waals surface area contributed by atoms with Crippen LogP contribution in [0.25, 0.3) is 0 Å². The summed E-state index contributed by atoms with van der Waals surface area (Å²) in [5, 5.41) is 51.9. The third-order valence-corrected chi connectivity index (χ3v) is 5.02. The van der Waals surface area contributed by atoms with Crippen molar-refractivity contribution in [2.45, 2.75) is 75.7 Å². The van der Waals surface area contributed by atoms with Crippen LogP contribution in [0.15, 0.2) is 35.5 Å². The van der Waals surface area contributed by atoms with E-state index in [0.717, 1.165) is 12.8 Å². The molecule has 25 heavy (non-hydrogen) atoms. The fourth-order valence-electron chi connectivity index (χ4n) is 3.48. The molecule has 6 nitrogen and oxygen atoms in total. The van der Waals surface area contributed by atoms with Gasteiger partial charge in [-0.3, -0.25) is 0 Å². The molecule has 1 aliphatic carbocycles. The Balaban J connectivity index is 2.37. The van der Waals surface area contributed by atoms with Crippen molar-refractivity contribution in [2.75, 3.05) is 6.61 Å². The number of aliphatic hydroxyl groups is 5. The van der Waals surface area contributed by atoms with Crippen LogP contribution < -0.4 is 0 Å². The molecule has 0 spiro atoms. The Hall–Kier alpha value is -1.02. The van der Waals surface area contributed by atoms with Crippen molar-refractivity contribution in [3.63, 3.8) is 0 Å². The maximum atomic E-state index is 10.9. The summed E-state index contributed by atoms with van der Waals surface area (Å²) in [5.41, 5.74) is -2.32. The van der Waals surface area contributed by atoms with Crippen molar-refractivity contribution in [3.8, 4) is 0 Å². The summed E-state index contributed by atoms with van der Waals surface area (Å²) >= 11 is 0. The van der Waals surface area contributed by atoms with Gasteiger partial charge in [-0.25, -0.2) is 0 Å². The van der Waals surface area contributed by atoms with Crippen molar-refractivity contribution in [1.29, 1.82) is 0 Å². The Labute approximate surface area is 148 Å². The fourth-order valence-corrected chi connectivity index (χ4v) is 3.48. The largest absolute Gasteiger partial charge is 0.392 e. The van der Waals surface area contributed by atoms with E-state index in [-0.39, 0.29) is 6.42 Å². The molecule has 1 aliphatic heterocycles. The van der Waals surface area contributed by atoms with E-state index < -0.39 is 42.2 Å². The predicted octanol–water partition coefficient (Wildman–Crippen LogP) is 0.583. The summed E-state index contributed by atoms with van der Waals surface area (Å²) in [7, 11) is 0. The first-order chi connectivity index (χ1) is 11.7. The van der Waals surface area contributed by atoms with Crippen molar-refractivity contribution >= 4 is 0 Å². The molecule has 0 aromatic carbocycles. The average Bonchev–Trinajstić information content (AvgIpc) is 2.91. The lowest BCUT2D eigenvalue weighted by Gasteiger charge is -2.42. The summed E-state index contributed by atoms with van der Waals surface area (Å²) in [6, 6.07) is 0. The molecule has 0 amide bonds. The maximum Gasteiger partial charge on any atom is 0.126 e. The Kier molecular flexibility index (Phi) is 6.25. The van der Waals surface area contributed by atoms with Crippen molar-refractivity contribution in [3.05, 3.63) is 35.5 Å². The topological polar surface area (TPSA) is 110 Å². The van der Waals surface area contributed by atoms with Gasteiger partial charge in [-0.15, -0.1) is 0 Å². The van der Waals surface area contributed by atoms with Gasteiger partial charge >= 0.3 is 0 Å². The average molecular weight is 354 g/mol. The molecule has 0 bridgehead atoms. The SMILES string of the molecule is CCCC=CC=CC1=C(CO)C2OC(C(C)(C)O)CC2(O)C(O)C1O. The zero-order chi connectivity index (χ0) is 18.8. The highest BCUT2D eigenvalue weighted by Gasteiger charge is 2.60. The molecule has 142 valence electrons. The van der Waals surface area contributed by atoms with E-state index >= 15 is 0 Å². The summed E-state index contributed by atoms with van der Waals surface area (Å²) < 4.78 is 5.79. The van der Waals surface area contributed by atoms with Crippen LogP contribution in [-0.4, -0.2) is 67.8 Å². The third kappa shape index (κ3) is 3.89. The van der Waals surface area contributed by atoms with Crippen molar-refractivity contribution in [1.82, 2.24) is 0 Å². The molecule has 2 aliphatic rings. The second kappa shape index (κ2) is 7.70. The van der Waals surface area contributed by atoms with Gasteiger partial charge < -0.3 is 30.3 Å². The molecule has 1 saturated heterocycles. The van der Waals surface area contributed by atoms with E-state index in [1.54, 1.807) is 26.0 Å². The fraction of sp³-hybridized carbons (Fsp3) is 0.684. The van der Waals surface area contributed by atoms with Crippen molar-refractivity contribution < 1.29 is 30.3 Å². The van der Waals surface area contributed by atoms with Crippen LogP contribution in [-0.2, 0) is 4.74 Å². The molecule has 0 aromatic rings. The second-order valence-corrected chi connectivity index (χ2v) is 7.46. The predicted molar refractivity (Wildman–Crippen MR) is 93.8 cm³/mol. The minimum absolute atomic E-state index is 0.0315. The van der Waals surface area contributed by atoms with Crippen LogP contribution in [0.2, 0.25) is 0 Å². The van der Waals surface area contributed by atoms with Gasteiger partial charge in [0.25, 0.3) is 0 Å². The zero-order valence-electron chi connectivity index (χ0n) is 15.1. The van der Waals surface area contributed by atoms with Gasteiger partial charge in [-0.2, -0.15) is 0 Å². The lowest BCUT2D eigenvalue weighted by Crippen LogP contribution is -2.59. The highest BCUT2D eigenvalue weighted by atomic mass is 16.5. The molecule has 0 radical (unpaired) electrons. The molecule has 1 fully saturated rings. The Morgan fingerprint density at radius 2 is 1.96 bits per heavy atom. The van der Waals surface area contributed by atoms with Gasteiger partial charge in [-0.1, -0.05) is 37.6 Å². The molecule has 2 rings (SSSR count). The van der Waals surface area contributed by atoms with E-state index in [2.05, 4.69) is 6.92 Å². The van der Waals surface area contributed by atoms with Gasteiger partial charge in [0.2, 0.25) is 0 Å². The molecule has 6 heteroatoms. The van der Waals surface area contributed by atoms with Crippen LogP contribution in [0.4, 0.5) is 0 Å². The van der Waals surface area contributed by atoms with Crippen molar-refractivity contribution in [2.24, 2.45) is 0 Å². The first-order valence-corrected chi connectivity index (χ1v) is 8.80. The van der Waals surface area contributed by atoms with E-state index in [1.165, 1.54) is 0 Å². The summed E-state index contributed by atoms with van der Waals surface area (Å²) in [4.78, 5) is 0. The normalized spacial score (nSPS) is 36.6. The molecule has 5 N–H and O–H groups in total. The maximum absolute atomic E-state index is 10.9. The van der Waals surface area contributed by atoms with Crippen LogP contribution in [0.3, 0.4) is 0 Å². The molecule has 0 saturated carbocycles. The summed E-state index contributed by atoms with van der Waals surface area (Å²) in [5.74, 6) is 0.